The maximum absolute atomic E-state index is 10.9. The SMILES string of the molecule is CSc1ccccc1-c1nn(-c2ccc([N+](=O)[O-])cc2)c2c1CCN2. The van der Waals surface area contributed by atoms with E-state index in [0.717, 1.165) is 35.7 Å². The van der Waals surface area contributed by atoms with Gasteiger partial charge in [0.25, 0.3) is 5.69 Å². The standard InChI is InChI=1S/C18H16N4O2S/c1-25-16-5-3-2-4-14(16)17-15-10-11-19-18(15)21(20-17)12-6-8-13(9-7-12)22(23)24/h2-9,19H,10-11H2,1H3. The van der Waals surface area contributed by atoms with Gasteiger partial charge in [-0.3, -0.25) is 10.1 Å². The quantitative estimate of drug-likeness (QED) is 0.434. The third kappa shape index (κ3) is 2.66. The Morgan fingerprint density at radius 3 is 2.68 bits per heavy atom. The van der Waals surface area contributed by atoms with Crippen molar-refractivity contribution in [2.75, 3.05) is 18.1 Å². The molecule has 0 unspecified atom stereocenters. The van der Waals surface area contributed by atoms with E-state index in [-0.39, 0.29) is 5.69 Å². The predicted molar refractivity (Wildman–Crippen MR) is 99.6 cm³/mol. The van der Waals surface area contributed by atoms with Gasteiger partial charge in [0.2, 0.25) is 0 Å². The maximum atomic E-state index is 10.9. The molecule has 0 saturated heterocycles. The third-order valence-electron chi connectivity index (χ3n) is 4.32. The topological polar surface area (TPSA) is 73.0 Å². The molecular weight excluding hydrogens is 336 g/mol. The summed E-state index contributed by atoms with van der Waals surface area (Å²) in [6.07, 6.45) is 2.98. The van der Waals surface area contributed by atoms with Crippen LogP contribution in [0.25, 0.3) is 16.9 Å². The van der Waals surface area contributed by atoms with Gasteiger partial charge >= 0.3 is 0 Å². The van der Waals surface area contributed by atoms with Crippen LogP contribution >= 0.6 is 11.8 Å². The average Bonchev–Trinajstić information content (AvgIpc) is 3.24. The second-order valence-electron chi connectivity index (χ2n) is 5.74. The van der Waals surface area contributed by atoms with Crippen LogP contribution in [0.4, 0.5) is 11.5 Å². The first kappa shape index (κ1) is 15.7. The Balaban J connectivity index is 1.84. The fraction of sp³-hybridized carbons (Fsp3) is 0.167. The van der Waals surface area contributed by atoms with Crippen molar-refractivity contribution < 1.29 is 4.92 Å². The highest BCUT2D eigenvalue weighted by atomic mass is 32.2. The van der Waals surface area contributed by atoms with Gasteiger partial charge in [-0.15, -0.1) is 11.8 Å². The molecule has 0 spiro atoms. The summed E-state index contributed by atoms with van der Waals surface area (Å²) < 4.78 is 1.85. The number of nitro benzene ring substituents is 1. The number of nitro groups is 1. The van der Waals surface area contributed by atoms with Crippen molar-refractivity contribution in [2.45, 2.75) is 11.3 Å². The first-order chi connectivity index (χ1) is 12.2. The van der Waals surface area contributed by atoms with E-state index < -0.39 is 4.92 Å². The van der Waals surface area contributed by atoms with Crippen molar-refractivity contribution in [3.63, 3.8) is 0 Å². The first-order valence-electron chi connectivity index (χ1n) is 7.93. The van der Waals surface area contributed by atoms with Gasteiger partial charge in [-0.2, -0.15) is 5.10 Å². The van der Waals surface area contributed by atoms with Crippen LogP contribution in [-0.4, -0.2) is 27.5 Å². The van der Waals surface area contributed by atoms with Gasteiger partial charge in [0, 0.05) is 34.7 Å². The fourth-order valence-electron chi connectivity index (χ4n) is 3.13. The number of aromatic nitrogens is 2. The zero-order chi connectivity index (χ0) is 17.4. The number of fused-ring (bicyclic) bond motifs is 1. The Morgan fingerprint density at radius 1 is 1.20 bits per heavy atom. The molecule has 2 aromatic carbocycles. The van der Waals surface area contributed by atoms with Gasteiger partial charge in [-0.05, 0) is 30.9 Å². The summed E-state index contributed by atoms with van der Waals surface area (Å²) in [4.78, 5) is 11.7. The molecule has 2 heterocycles. The predicted octanol–water partition coefficient (Wildman–Crippen LogP) is 4.14. The Bertz CT molecular complexity index is 950. The van der Waals surface area contributed by atoms with E-state index in [0.29, 0.717) is 0 Å². The molecule has 0 saturated carbocycles. The maximum Gasteiger partial charge on any atom is 0.269 e. The van der Waals surface area contributed by atoms with E-state index in [1.807, 2.05) is 16.8 Å². The van der Waals surface area contributed by atoms with Gasteiger partial charge in [0.05, 0.1) is 16.3 Å². The molecule has 4 rings (SSSR count). The van der Waals surface area contributed by atoms with E-state index >= 15 is 0 Å². The van der Waals surface area contributed by atoms with Crippen LogP contribution in [-0.2, 0) is 6.42 Å². The van der Waals surface area contributed by atoms with Gasteiger partial charge in [-0.25, -0.2) is 4.68 Å². The van der Waals surface area contributed by atoms with Crippen molar-refractivity contribution >= 4 is 23.3 Å². The first-order valence-corrected chi connectivity index (χ1v) is 9.15. The van der Waals surface area contributed by atoms with Crippen molar-refractivity contribution in [3.8, 4) is 16.9 Å². The monoisotopic (exact) mass is 352 g/mol. The molecule has 0 radical (unpaired) electrons. The van der Waals surface area contributed by atoms with Gasteiger partial charge in [0.1, 0.15) is 5.82 Å². The van der Waals surface area contributed by atoms with Crippen LogP contribution in [0, 0.1) is 10.1 Å². The fourth-order valence-corrected chi connectivity index (χ4v) is 3.73. The highest BCUT2D eigenvalue weighted by Gasteiger charge is 2.25. The smallest absolute Gasteiger partial charge is 0.269 e. The molecule has 1 N–H and O–H groups in total. The van der Waals surface area contributed by atoms with Gasteiger partial charge in [-0.1, -0.05) is 18.2 Å². The minimum absolute atomic E-state index is 0.0773. The van der Waals surface area contributed by atoms with Crippen LogP contribution in [0.2, 0.25) is 0 Å². The van der Waals surface area contributed by atoms with Gasteiger partial charge < -0.3 is 5.32 Å². The minimum Gasteiger partial charge on any atom is -0.369 e. The molecule has 7 heteroatoms. The van der Waals surface area contributed by atoms with Crippen LogP contribution in [0.15, 0.2) is 53.4 Å². The van der Waals surface area contributed by atoms with Crippen molar-refractivity contribution in [2.24, 2.45) is 0 Å². The lowest BCUT2D eigenvalue weighted by atomic mass is 10.1. The Kier molecular flexibility index (Phi) is 3.93. The van der Waals surface area contributed by atoms with Crippen LogP contribution in [0.5, 0.6) is 0 Å². The number of thioether (sulfide) groups is 1. The lowest BCUT2D eigenvalue weighted by Crippen LogP contribution is -2.04. The van der Waals surface area contributed by atoms with Crippen molar-refractivity contribution in [1.82, 2.24) is 9.78 Å². The van der Waals surface area contributed by atoms with E-state index in [1.165, 1.54) is 22.6 Å². The van der Waals surface area contributed by atoms with Gasteiger partial charge in [0.15, 0.2) is 0 Å². The Labute approximate surface area is 149 Å². The molecule has 0 fully saturated rings. The zero-order valence-electron chi connectivity index (χ0n) is 13.6. The molecule has 0 amide bonds. The number of benzene rings is 2. The van der Waals surface area contributed by atoms with E-state index in [2.05, 4.69) is 23.7 Å². The summed E-state index contributed by atoms with van der Waals surface area (Å²) in [5, 5.41) is 19.1. The molecule has 0 aliphatic carbocycles. The molecule has 1 aliphatic rings. The normalized spacial score (nSPS) is 12.7. The second-order valence-corrected chi connectivity index (χ2v) is 6.59. The summed E-state index contributed by atoms with van der Waals surface area (Å²) >= 11 is 1.70. The zero-order valence-corrected chi connectivity index (χ0v) is 14.4. The van der Waals surface area contributed by atoms with E-state index in [9.17, 15) is 10.1 Å². The number of rotatable bonds is 4. The van der Waals surface area contributed by atoms with Crippen molar-refractivity contribution in [3.05, 3.63) is 64.2 Å². The molecule has 1 aromatic heterocycles. The summed E-state index contributed by atoms with van der Waals surface area (Å²) in [5.41, 5.74) is 4.18. The summed E-state index contributed by atoms with van der Waals surface area (Å²) in [6, 6.07) is 14.7. The van der Waals surface area contributed by atoms with E-state index in [1.54, 1.807) is 23.9 Å². The number of hydrogen-bond acceptors (Lipinski definition) is 5. The van der Waals surface area contributed by atoms with E-state index in [4.69, 9.17) is 5.10 Å². The lowest BCUT2D eigenvalue weighted by molar-refractivity contribution is -0.384. The second kappa shape index (κ2) is 6.25. The number of nitrogens with zero attached hydrogens (tertiary/aromatic N) is 3. The molecule has 1 aliphatic heterocycles. The molecule has 126 valence electrons. The van der Waals surface area contributed by atoms with Crippen LogP contribution < -0.4 is 5.32 Å². The number of nitrogens with one attached hydrogen (secondary N) is 1. The average molecular weight is 352 g/mol. The minimum atomic E-state index is -0.393. The highest BCUT2D eigenvalue weighted by Crippen LogP contribution is 2.38. The Morgan fingerprint density at radius 2 is 1.96 bits per heavy atom. The molecule has 0 bridgehead atoms. The number of non-ortho nitro benzene ring substituents is 1. The lowest BCUT2D eigenvalue weighted by Gasteiger charge is -2.07. The van der Waals surface area contributed by atoms with Crippen LogP contribution in [0.1, 0.15) is 5.56 Å². The highest BCUT2D eigenvalue weighted by molar-refractivity contribution is 7.98. The molecule has 6 nitrogen and oxygen atoms in total. The summed E-state index contributed by atoms with van der Waals surface area (Å²) in [5.74, 6) is 0.972. The largest absolute Gasteiger partial charge is 0.369 e. The number of hydrogen-bond donors (Lipinski definition) is 1. The van der Waals surface area contributed by atoms with Crippen LogP contribution in [0.3, 0.4) is 0 Å². The van der Waals surface area contributed by atoms with Crippen molar-refractivity contribution in [1.29, 1.82) is 0 Å². The number of anilines is 1. The molecule has 0 atom stereocenters. The molecule has 3 aromatic rings. The summed E-state index contributed by atoms with van der Waals surface area (Å²) in [6.45, 7) is 0.870. The third-order valence-corrected chi connectivity index (χ3v) is 5.11. The summed E-state index contributed by atoms with van der Waals surface area (Å²) in [7, 11) is 0. The Hall–Kier alpha value is -2.80. The molecule has 25 heavy (non-hydrogen) atoms. The molecular formula is C18H16N4O2S.